The first-order valence-electron chi connectivity index (χ1n) is 16.8. The average Bonchev–Trinajstić information content (AvgIpc) is 3.87. The monoisotopic (exact) mass is 622 g/mol. The van der Waals surface area contributed by atoms with Crippen molar-refractivity contribution in [2.24, 2.45) is 0 Å². The predicted molar refractivity (Wildman–Crippen MR) is 205 cm³/mol. The first kappa shape index (κ1) is 25.4. The lowest BCUT2D eigenvalue weighted by atomic mass is 9.99. The zero-order valence-corrected chi connectivity index (χ0v) is 26.3. The van der Waals surface area contributed by atoms with Gasteiger partial charge in [0, 0.05) is 27.2 Å². The minimum Gasteiger partial charge on any atom is -0.309 e. The Labute approximate surface area is 279 Å². The number of nitrogens with zero attached hydrogens (tertiary/aromatic N) is 4. The molecule has 0 saturated carbocycles. The Morgan fingerprint density at radius 1 is 0.367 bits per heavy atom. The number of aromatic nitrogens is 4. The Morgan fingerprint density at radius 2 is 1.00 bits per heavy atom. The lowest BCUT2D eigenvalue weighted by Crippen LogP contribution is -1.92. The van der Waals surface area contributed by atoms with Gasteiger partial charge in [0.2, 0.25) is 5.78 Å². The maximum absolute atomic E-state index is 5.32. The van der Waals surface area contributed by atoms with Crippen LogP contribution in [0.4, 0.5) is 0 Å². The second-order valence-corrected chi connectivity index (χ2v) is 13.3. The van der Waals surface area contributed by atoms with Crippen molar-refractivity contribution < 1.29 is 0 Å². The van der Waals surface area contributed by atoms with Crippen LogP contribution in [-0.2, 0) is 0 Å². The molecule has 12 aromatic rings. The zero-order valence-electron chi connectivity index (χ0n) is 26.3. The summed E-state index contributed by atoms with van der Waals surface area (Å²) in [6.45, 7) is 0. The topological polar surface area (TPSA) is 26.6 Å². The first-order valence-corrected chi connectivity index (χ1v) is 16.8. The molecule has 0 N–H and O–H groups in total. The Kier molecular flexibility index (Phi) is 4.69. The smallest absolute Gasteiger partial charge is 0.220 e. The summed E-state index contributed by atoms with van der Waals surface area (Å²) in [6.07, 6.45) is 0. The summed E-state index contributed by atoms with van der Waals surface area (Å²) in [6, 6.07) is 57.6. The van der Waals surface area contributed by atoms with Gasteiger partial charge in [0.15, 0.2) is 0 Å². The summed E-state index contributed by atoms with van der Waals surface area (Å²) in [5, 5.41) is 9.91. The highest BCUT2D eigenvalue weighted by Crippen LogP contribution is 2.42. The molecule has 0 amide bonds. The van der Waals surface area contributed by atoms with E-state index in [0.717, 1.165) is 16.8 Å². The zero-order chi connectivity index (χ0) is 31.8. The molecule has 0 spiro atoms. The number of fused-ring (bicyclic) bond motifs is 13. The Bertz CT molecular complexity index is 3320. The molecule has 0 aliphatic heterocycles. The average molecular weight is 623 g/mol. The fourth-order valence-corrected chi connectivity index (χ4v) is 8.50. The van der Waals surface area contributed by atoms with Crippen LogP contribution in [0.2, 0.25) is 0 Å². The van der Waals surface area contributed by atoms with Crippen molar-refractivity contribution in [1.82, 2.24) is 18.4 Å². The Hall–Kier alpha value is -6.65. The molecule has 0 unspecified atom stereocenters. The third-order valence-corrected chi connectivity index (χ3v) is 10.7. The Balaban J connectivity index is 1.21. The number of rotatable bonds is 2. The van der Waals surface area contributed by atoms with Gasteiger partial charge in [-0.15, -0.1) is 0 Å². The van der Waals surface area contributed by atoms with Crippen LogP contribution in [0.3, 0.4) is 0 Å². The molecule has 0 fully saturated rings. The van der Waals surface area contributed by atoms with Gasteiger partial charge in [0.05, 0.1) is 38.6 Å². The van der Waals surface area contributed by atoms with E-state index in [1.54, 1.807) is 0 Å². The Morgan fingerprint density at radius 3 is 1.82 bits per heavy atom. The minimum absolute atomic E-state index is 0.953. The van der Waals surface area contributed by atoms with E-state index >= 15 is 0 Å². The molecule has 0 radical (unpaired) electrons. The number of benzene rings is 8. The molecule has 226 valence electrons. The van der Waals surface area contributed by atoms with Crippen molar-refractivity contribution >= 4 is 87.5 Å². The number of hydrogen-bond acceptors (Lipinski definition) is 1. The fourth-order valence-electron chi connectivity index (χ4n) is 8.50. The van der Waals surface area contributed by atoms with Crippen LogP contribution in [0.15, 0.2) is 158 Å². The van der Waals surface area contributed by atoms with Gasteiger partial charge in [-0.1, -0.05) is 91.0 Å². The molecule has 0 aliphatic carbocycles. The van der Waals surface area contributed by atoms with E-state index in [2.05, 4.69) is 171 Å². The molecule has 8 aromatic carbocycles. The maximum atomic E-state index is 5.32. The van der Waals surface area contributed by atoms with Crippen LogP contribution in [-0.4, -0.2) is 18.4 Å². The highest BCUT2D eigenvalue weighted by atomic mass is 15.2. The first-order chi connectivity index (χ1) is 24.3. The molecule has 4 nitrogen and oxygen atoms in total. The van der Waals surface area contributed by atoms with Gasteiger partial charge in [-0.25, -0.2) is 4.98 Å². The summed E-state index contributed by atoms with van der Waals surface area (Å²) in [4.78, 5) is 5.32. The molecule has 12 rings (SSSR count). The quantitative estimate of drug-likeness (QED) is 0.188. The van der Waals surface area contributed by atoms with E-state index in [1.807, 2.05) is 0 Å². The third-order valence-electron chi connectivity index (χ3n) is 10.7. The summed E-state index contributed by atoms with van der Waals surface area (Å²) < 4.78 is 7.14. The molecule has 0 aliphatic rings. The molecule has 4 heteroatoms. The maximum Gasteiger partial charge on any atom is 0.220 e. The van der Waals surface area contributed by atoms with Crippen molar-refractivity contribution in [3.63, 3.8) is 0 Å². The minimum atomic E-state index is 0.953. The third kappa shape index (κ3) is 3.30. The van der Waals surface area contributed by atoms with Crippen LogP contribution in [0.25, 0.3) is 104 Å². The van der Waals surface area contributed by atoms with E-state index < -0.39 is 0 Å². The highest BCUT2D eigenvalue weighted by Gasteiger charge is 2.23. The number of para-hydroxylation sites is 2. The van der Waals surface area contributed by atoms with Crippen LogP contribution in [0.1, 0.15) is 0 Å². The van der Waals surface area contributed by atoms with Crippen LogP contribution < -0.4 is 0 Å². The van der Waals surface area contributed by atoms with Crippen molar-refractivity contribution in [1.29, 1.82) is 0 Å². The second kappa shape index (κ2) is 9.03. The van der Waals surface area contributed by atoms with Crippen molar-refractivity contribution in [2.45, 2.75) is 0 Å². The lowest BCUT2D eigenvalue weighted by molar-refractivity contribution is 1.18. The van der Waals surface area contributed by atoms with Crippen LogP contribution >= 0.6 is 0 Å². The number of hydrogen-bond donors (Lipinski definition) is 0. The van der Waals surface area contributed by atoms with Gasteiger partial charge < -0.3 is 4.57 Å². The van der Waals surface area contributed by atoms with Crippen molar-refractivity contribution in [3.05, 3.63) is 158 Å². The van der Waals surface area contributed by atoms with Gasteiger partial charge in [0.25, 0.3) is 0 Å². The van der Waals surface area contributed by atoms with E-state index in [9.17, 15) is 0 Å². The molecule has 49 heavy (non-hydrogen) atoms. The van der Waals surface area contributed by atoms with Crippen LogP contribution in [0, 0.1) is 0 Å². The standard InChI is InChI=1S/C45H26N4/c1-2-14-33(15-3-1)47-39-17-9-8-16-34(39)35-21-31(18-19-40(35)47)32-22-37-36-20-27-10-4-6-12-29(27)24-41(36)49-44(37)43(26-32)48-42-25-30-13-7-5-11-28(30)23-38(42)46-45(48)49/h1-26H. The molecule has 0 atom stereocenters. The van der Waals surface area contributed by atoms with Gasteiger partial charge in [-0.3, -0.25) is 8.80 Å². The van der Waals surface area contributed by atoms with E-state index in [4.69, 9.17) is 4.98 Å². The van der Waals surface area contributed by atoms with Crippen molar-refractivity contribution in [3.8, 4) is 16.8 Å². The summed E-state index contributed by atoms with van der Waals surface area (Å²) in [7, 11) is 0. The van der Waals surface area contributed by atoms with E-state index in [-0.39, 0.29) is 0 Å². The molecule has 0 saturated heterocycles. The van der Waals surface area contributed by atoms with E-state index in [1.165, 1.54) is 87.5 Å². The SMILES string of the molecule is c1ccc(-n2c3ccccc3c3cc(-c4cc5c6cc7ccccc7cc6n6c5c(c4)n4c5cc7ccccc7cc5nc46)ccc32)cc1. The van der Waals surface area contributed by atoms with Gasteiger partial charge in [0.1, 0.15) is 0 Å². The summed E-state index contributed by atoms with van der Waals surface area (Å²) >= 11 is 0. The molecule has 4 aromatic heterocycles. The molecule has 4 heterocycles. The van der Waals surface area contributed by atoms with Gasteiger partial charge in [-0.2, -0.15) is 0 Å². The van der Waals surface area contributed by atoms with Gasteiger partial charge in [-0.05, 0) is 99.4 Å². The normalized spacial score (nSPS) is 12.5. The van der Waals surface area contributed by atoms with E-state index in [0.29, 0.717) is 0 Å². The predicted octanol–water partition coefficient (Wildman–Crippen LogP) is 11.6. The largest absolute Gasteiger partial charge is 0.309 e. The molecule has 0 bridgehead atoms. The highest BCUT2D eigenvalue weighted by molar-refractivity contribution is 6.20. The summed E-state index contributed by atoms with van der Waals surface area (Å²) in [5.74, 6) is 0.953. The van der Waals surface area contributed by atoms with Gasteiger partial charge >= 0.3 is 0 Å². The summed E-state index contributed by atoms with van der Waals surface area (Å²) in [5.41, 5.74) is 11.7. The van der Waals surface area contributed by atoms with Crippen molar-refractivity contribution in [2.75, 3.05) is 0 Å². The van der Waals surface area contributed by atoms with Crippen LogP contribution in [0.5, 0.6) is 0 Å². The molecular formula is C45H26N4. The number of imidazole rings is 2. The second-order valence-electron chi connectivity index (χ2n) is 13.3. The molecular weight excluding hydrogens is 597 g/mol. The fraction of sp³-hybridized carbons (Fsp3) is 0. The lowest BCUT2D eigenvalue weighted by Gasteiger charge is -2.09.